The molecule has 1 fully saturated rings. The van der Waals surface area contributed by atoms with Gasteiger partial charge in [0.25, 0.3) is 5.91 Å². The molecule has 0 saturated heterocycles. The lowest BCUT2D eigenvalue weighted by molar-refractivity contribution is -0.124. The molecule has 0 radical (unpaired) electrons. The Morgan fingerprint density at radius 1 is 1.05 bits per heavy atom. The molecule has 0 heterocycles. The smallest absolute Gasteiger partial charge is 0.258 e. The predicted octanol–water partition coefficient (Wildman–Crippen LogP) is 2.88. The molecule has 1 amide bonds. The van der Waals surface area contributed by atoms with Crippen LogP contribution >= 0.6 is 0 Å². The van der Waals surface area contributed by atoms with Gasteiger partial charge in [0.2, 0.25) is 0 Å². The molecule has 0 aromatic heterocycles. The molecule has 2 aromatic rings. The molecular formula is C18H19NO3. The van der Waals surface area contributed by atoms with E-state index < -0.39 is 0 Å². The summed E-state index contributed by atoms with van der Waals surface area (Å²) in [5.41, 5.74) is 0.947. The van der Waals surface area contributed by atoms with Gasteiger partial charge in [0.15, 0.2) is 18.1 Å². The minimum Gasteiger partial charge on any atom is -0.493 e. The first-order valence-corrected chi connectivity index (χ1v) is 7.36. The molecule has 1 aliphatic carbocycles. The van der Waals surface area contributed by atoms with E-state index in [9.17, 15) is 4.79 Å². The Labute approximate surface area is 130 Å². The Morgan fingerprint density at radius 2 is 1.68 bits per heavy atom. The Hall–Kier alpha value is -2.49. The fourth-order valence-corrected chi connectivity index (χ4v) is 2.55. The fourth-order valence-electron chi connectivity index (χ4n) is 2.55. The van der Waals surface area contributed by atoms with Gasteiger partial charge in [-0.05, 0) is 30.5 Å². The minimum absolute atomic E-state index is 0.0189. The second kappa shape index (κ2) is 6.10. The van der Waals surface area contributed by atoms with E-state index in [1.54, 1.807) is 19.2 Å². The van der Waals surface area contributed by atoms with E-state index in [-0.39, 0.29) is 18.1 Å². The van der Waals surface area contributed by atoms with E-state index in [1.165, 1.54) is 0 Å². The summed E-state index contributed by atoms with van der Waals surface area (Å²) in [5, 5.41) is 3.09. The molecule has 2 aromatic carbocycles. The summed E-state index contributed by atoms with van der Waals surface area (Å²) in [6, 6.07) is 17.4. The summed E-state index contributed by atoms with van der Waals surface area (Å²) in [6.45, 7) is -0.0189. The summed E-state index contributed by atoms with van der Waals surface area (Å²) < 4.78 is 10.8. The number of rotatable bonds is 6. The van der Waals surface area contributed by atoms with Crippen molar-refractivity contribution >= 4 is 5.91 Å². The second-order valence-corrected chi connectivity index (χ2v) is 5.44. The van der Waals surface area contributed by atoms with Gasteiger partial charge in [-0.25, -0.2) is 0 Å². The zero-order valence-corrected chi connectivity index (χ0v) is 12.5. The van der Waals surface area contributed by atoms with Gasteiger partial charge in [0, 0.05) is 0 Å². The molecule has 1 saturated carbocycles. The van der Waals surface area contributed by atoms with E-state index in [4.69, 9.17) is 9.47 Å². The van der Waals surface area contributed by atoms with Crippen LogP contribution in [0.25, 0.3) is 0 Å². The minimum atomic E-state index is -0.206. The zero-order valence-electron chi connectivity index (χ0n) is 12.5. The Kier molecular flexibility index (Phi) is 4.00. The molecule has 22 heavy (non-hydrogen) atoms. The highest BCUT2D eigenvalue weighted by molar-refractivity contribution is 5.79. The van der Waals surface area contributed by atoms with E-state index in [0.29, 0.717) is 11.5 Å². The van der Waals surface area contributed by atoms with Crippen molar-refractivity contribution < 1.29 is 14.3 Å². The molecule has 0 atom stereocenters. The normalized spacial score (nSPS) is 15.0. The van der Waals surface area contributed by atoms with Crippen LogP contribution in [0.15, 0.2) is 54.6 Å². The molecule has 3 rings (SSSR count). The van der Waals surface area contributed by atoms with Crippen LogP contribution in [0.1, 0.15) is 18.4 Å². The number of ether oxygens (including phenoxy) is 2. The first-order chi connectivity index (χ1) is 10.7. The van der Waals surface area contributed by atoms with Crippen LogP contribution in [0, 0.1) is 0 Å². The molecule has 1 N–H and O–H groups in total. The molecule has 0 bridgehead atoms. The third-order valence-electron chi connectivity index (χ3n) is 3.88. The standard InChI is InChI=1S/C18H19NO3/c1-21-15-9-5-6-10-16(15)22-13-17(20)19-18(11-12-18)14-7-3-2-4-8-14/h2-10H,11-13H2,1H3,(H,19,20). The van der Waals surface area contributed by atoms with Crippen molar-refractivity contribution in [3.8, 4) is 11.5 Å². The Balaban J connectivity index is 1.59. The van der Waals surface area contributed by atoms with Crippen LogP contribution < -0.4 is 14.8 Å². The van der Waals surface area contributed by atoms with Gasteiger partial charge in [0.1, 0.15) is 0 Å². The quantitative estimate of drug-likeness (QED) is 0.892. The highest BCUT2D eigenvalue weighted by atomic mass is 16.5. The van der Waals surface area contributed by atoms with Crippen LogP contribution in [0.2, 0.25) is 0 Å². The van der Waals surface area contributed by atoms with Crippen LogP contribution in [0.3, 0.4) is 0 Å². The number of hydrogen-bond acceptors (Lipinski definition) is 3. The van der Waals surface area contributed by atoms with Gasteiger partial charge in [-0.3, -0.25) is 4.79 Å². The van der Waals surface area contributed by atoms with Gasteiger partial charge >= 0.3 is 0 Å². The SMILES string of the molecule is COc1ccccc1OCC(=O)NC1(c2ccccc2)CC1. The second-order valence-electron chi connectivity index (χ2n) is 5.44. The molecule has 0 unspecified atom stereocenters. The maximum atomic E-state index is 12.2. The number of carbonyl (C=O) groups excluding carboxylic acids is 1. The summed E-state index contributed by atoms with van der Waals surface area (Å²) in [4.78, 5) is 12.2. The van der Waals surface area contributed by atoms with Crippen LogP contribution in [-0.4, -0.2) is 19.6 Å². The van der Waals surface area contributed by atoms with Crippen molar-refractivity contribution in [2.45, 2.75) is 18.4 Å². The van der Waals surface area contributed by atoms with Crippen molar-refractivity contribution in [2.75, 3.05) is 13.7 Å². The summed E-state index contributed by atoms with van der Waals surface area (Å²) in [6.07, 6.45) is 1.94. The first-order valence-electron chi connectivity index (χ1n) is 7.36. The Bertz CT molecular complexity index is 650. The number of carbonyl (C=O) groups is 1. The maximum absolute atomic E-state index is 12.2. The average molecular weight is 297 g/mol. The van der Waals surface area contributed by atoms with Crippen LogP contribution in [0.4, 0.5) is 0 Å². The largest absolute Gasteiger partial charge is 0.493 e. The van der Waals surface area contributed by atoms with Crippen LogP contribution in [-0.2, 0) is 10.3 Å². The van der Waals surface area contributed by atoms with Crippen molar-refractivity contribution in [1.82, 2.24) is 5.32 Å². The molecule has 1 aliphatic rings. The summed E-state index contributed by atoms with van der Waals surface area (Å²) in [5.74, 6) is 1.08. The van der Waals surface area contributed by atoms with Gasteiger partial charge in [-0.1, -0.05) is 42.5 Å². The van der Waals surface area contributed by atoms with Crippen molar-refractivity contribution in [3.63, 3.8) is 0 Å². The monoisotopic (exact) mass is 297 g/mol. The highest BCUT2D eigenvalue weighted by Crippen LogP contribution is 2.45. The lowest BCUT2D eigenvalue weighted by Gasteiger charge is -2.18. The topological polar surface area (TPSA) is 47.6 Å². The van der Waals surface area contributed by atoms with Gasteiger partial charge in [0.05, 0.1) is 12.6 Å². The van der Waals surface area contributed by atoms with Crippen molar-refractivity contribution in [2.24, 2.45) is 0 Å². The summed E-state index contributed by atoms with van der Waals surface area (Å²) in [7, 11) is 1.58. The average Bonchev–Trinajstić information content (AvgIpc) is 3.35. The van der Waals surface area contributed by atoms with Gasteiger partial charge in [-0.15, -0.1) is 0 Å². The third-order valence-corrected chi connectivity index (χ3v) is 3.88. The first kappa shape index (κ1) is 14.4. The summed E-state index contributed by atoms with van der Waals surface area (Å²) >= 11 is 0. The lowest BCUT2D eigenvalue weighted by Crippen LogP contribution is -2.38. The van der Waals surface area contributed by atoms with E-state index in [2.05, 4.69) is 5.32 Å². The molecule has 0 aliphatic heterocycles. The van der Waals surface area contributed by atoms with E-state index >= 15 is 0 Å². The number of nitrogens with one attached hydrogen (secondary N) is 1. The van der Waals surface area contributed by atoms with E-state index in [0.717, 1.165) is 18.4 Å². The van der Waals surface area contributed by atoms with E-state index in [1.807, 2.05) is 42.5 Å². The fraction of sp³-hybridized carbons (Fsp3) is 0.278. The molecule has 4 heteroatoms. The number of methoxy groups -OCH3 is 1. The Morgan fingerprint density at radius 3 is 2.32 bits per heavy atom. The molecule has 4 nitrogen and oxygen atoms in total. The highest BCUT2D eigenvalue weighted by Gasteiger charge is 2.45. The number of amides is 1. The third kappa shape index (κ3) is 3.06. The number of para-hydroxylation sites is 2. The lowest BCUT2D eigenvalue weighted by atomic mass is 10.1. The van der Waals surface area contributed by atoms with Gasteiger partial charge < -0.3 is 14.8 Å². The van der Waals surface area contributed by atoms with Crippen LogP contribution in [0.5, 0.6) is 11.5 Å². The molecule has 114 valence electrons. The zero-order chi connectivity index (χ0) is 15.4. The molecule has 0 spiro atoms. The van der Waals surface area contributed by atoms with Crippen molar-refractivity contribution in [3.05, 3.63) is 60.2 Å². The number of benzene rings is 2. The molecular weight excluding hydrogens is 278 g/mol. The predicted molar refractivity (Wildman–Crippen MR) is 84.0 cm³/mol. The number of hydrogen-bond donors (Lipinski definition) is 1. The van der Waals surface area contributed by atoms with Crippen molar-refractivity contribution in [1.29, 1.82) is 0 Å². The van der Waals surface area contributed by atoms with Gasteiger partial charge in [-0.2, -0.15) is 0 Å². The maximum Gasteiger partial charge on any atom is 0.258 e.